The predicted molar refractivity (Wildman–Crippen MR) is 57.7 cm³/mol. The molecule has 82 valence electrons. The fourth-order valence-corrected chi connectivity index (χ4v) is 2.35. The molecule has 1 rings (SSSR count). The van der Waals surface area contributed by atoms with Crippen LogP contribution in [0.1, 0.15) is 20.3 Å². The van der Waals surface area contributed by atoms with Crippen molar-refractivity contribution in [2.45, 2.75) is 37.1 Å². The van der Waals surface area contributed by atoms with Crippen molar-refractivity contribution in [2.75, 3.05) is 12.5 Å². The highest BCUT2D eigenvalue weighted by Gasteiger charge is 2.28. The van der Waals surface area contributed by atoms with Gasteiger partial charge < -0.3 is 9.47 Å². The average molecular weight is 239 g/mol. The average Bonchev–Trinajstić information content (AvgIpc) is 2.12. The molecule has 1 fully saturated rings. The maximum atomic E-state index is 11.1. The summed E-state index contributed by atoms with van der Waals surface area (Å²) in [4.78, 5) is 11.1. The van der Waals surface area contributed by atoms with E-state index in [2.05, 4.69) is 6.92 Å². The van der Waals surface area contributed by atoms with E-state index in [4.69, 9.17) is 21.1 Å². The van der Waals surface area contributed by atoms with E-state index in [1.54, 1.807) is 11.8 Å². The highest BCUT2D eigenvalue weighted by Crippen LogP contribution is 2.28. The zero-order chi connectivity index (χ0) is 10.6. The van der Waals surface area contributed by atoms with Crippen molar-refractivity contribution in [1.29, 1.82) is 0 Å². The molecule has 3 unspecified atom stereocenters. The van der Waals surface area contributed by atoms with Gasteiger partial charge in [0, 0.05) is 11.1 Å². The number of ether oxygens (including phenoxy) is 2. The number of carbonyl (C=O) groups excluding carboxylic acids is 1. The molecule has 1 saturated heterocycles. The molecule has 0 amide bonds. The third-order valence-electron chi connectivity index (χ3n) is 2.08. The first kappa shape index (κ1) is 12.1. The van der Waals surface area contributed by atoms with Crippen LogP contribution >= 0.6 is 23.4 Å². The summed E-state index contributed by atoms with van der Waals surface area (Å²) in [5.41, 5.74) is -0.170. The lowest BCUT2D eigenvalue weighted by molar-refractivity contribution is -0.147. The van der Waals surface area contributed by atoms with E-state index in [-0.39, 0.29) is 23.9 Å². The first-order chi connectivity index (χ1) is 6.63. The first-order valence-electron chi connectivity index (χ1n) is 4.66. The molecular formula is C9H15ClO3S. The van der Waals surface area contributed by atoms with E-state index in [0.29, 0.717) is 17.7 Å². The molecule has 3 nitrogen and oxygen atoms in total. The number of hydrogen-bond donors (Lipinski definition) is 0. The first-order valence-corrected chi connectivity index (χ1v) is 6.13. The largest absolute Gasteiger partial charge is 0.449 e. The van der Waals surface area contributed by atoms with Gasteiger partial charge in [0.05, 0.1) is 19.1 Å². The zero-order valence-electron chi connectivity index (χ0n) is 8.36. The Labute approximate surface area is 93.5 Å². The maximum Gasteiger partial charge on any atom is 0.308 e. The number of hydrogen-bond acceptors (Lipinski definition) is 4. The van der Waals surface area contributed by atoms with Crippen molar-refractivity contribution in [3.8, 4) is 0 Å². The van der Waals surface area contributed by atoms with Crippen LogP contribution in [-0.4, -0.2) is 35.2 Å². The van der Waals surface area contributed by atoms with Crippen molar-refractivity contribution in [1.82, 2.24) is 0 Å². The summed E-state index contributed by atoms with van der Waals surface area (Å²) in [6, 6.07) is 0. The molecule has 0 spiro atoms. The molecular weight excluding hydrogens is 224 g/mol. The number of carbonyl (C=O) groups is 1. The summed E-state index contributed by atoms with van der Waals surface area (Å²) in [7, 11) is 0. The van der Waals surface area contributed by atoms with Gasteiger partial charge in [0.1, 0.15) is 0 Å². The van der Waals surface area contributed by atoms with Gasteiger partial charge in [-0.25, -0.2) is 0 Å². The molecule has 0 bridgehead atoms. The molecule has 0 N–H and O–H groups in total. The van der Waals surface area contributed by atoms with Gasteiger partial charge in [-0.15, -0.1) is 23.4 Å². The van der Waals surface area contributed by atoms with Gasteiger partial charge in [-0.1, -0.05) is 6.92 Å². The predicted octanol–water partition coefficient (Wildman–Crippen LogP) is 2.02. The molecule has 1 aliphatic heterocycles. The molecule has 0 saturated carbocycles. The van der Waals surface area contributed by atoms with Crippen molar-refractivity contribution in [3.05, 3.63) is 0 Å². The number of esters is 1. The van der Waals surface area contributed by atoms with Crippen molar-refractivity contribution in [3.63, 3.8) is 0 Å². The van der Waals surface area contributed by atoms with Gasteiger partial charge >= 0.3 is 5.97 Å². The summed E-state index contributed by atoms with van der Waals surface area (Å²) in [6.07, 6.45) is 0.491. The van der Waals surface area contributed by atoms with Crippen molar-refractivity contribution in [2.24, 2.45) is 0 Å². The minimum absolute atomic E-state index is 0.170. The van der Waals surface area contributed by atoms with E-state index in [1.165, 1.54) is 0 Å². The normalized spacial score (nSPS) is 32.6. The van der Waals surface area contributed by atoms with E-state index in [1.807, 2.05) is 6.92 Å². The molecule has 14 heavy (non-hydrogen) atoms. The second-order valence-corrected chi connectivity index (χ2v) is 5.16. The molecule has 0 aromatic carbocycles. The Morgan fingerprint density at radius 1 is 1.64 bits per heavy atom. The molecule has 3 atom stereocenters. The Balaban J connectivity index is 2.29. The van der Waals surface area contributed by atoms with Crippen LogP contribution in [0.2, 0.25) is 0 Å². The molecule has 5 heteroatoms. The summed E-state index contributed by atoms with van der Waals surface area (Å²) in [5, 5.41) is 0.359. The van der Waals surface area contributed by atoms with Crippen LogP contribution in [0.25, 0.3) is 0 Å². The van der Waals surface area contributed by atoms with Crippen LogP contribution in [0.15, 0.2) is 0 Å². The minimum Gasteiger partial charge on any atom is -0.449 e. The smallest absolute Gasteiger partial charge is 0.308 e. The van der Waals surface area contributed by atoms with Gasteiger partial charge in [0.2, 0.25) is 0 Å². The number of alkyl halides is 1. The molecule has 0 aliphatic carbocycles. The second-order valence-electron chi connectivity index (χ2n) is 3.24. The molecule has 0 radical (unpaired) electrons. The minimum atomic E-state index is -0.247. The summed E-state index contributed by atoms with van der Waals surface area (Å²) < 4.78 is 10.6. The van der Waals surface area contributed by atoms with Crippen LogP contribution in [0.3, 0.4) is 0 Å². The van der Waals surface area contributed by atoms with Crippen molar-refractivity contribution < 1.29 is 14.3 Å². The molecule has 0 aromatic rings. The Bertz CT molecular complexity index is 200. The number of rotatable bonds is 3. The van der Waals surface area contributed by atoms with E-state index >= 15 is 0 Å². The number of halogens is 1. The fraction of sp³-hybridized carbons (Fsp3) is 0.889. The van der Waals surface area contributed by atoms with E-state index < -0.39 is 0 Å². The van der Waals surface area contributed by atoms with Gasteiger partial charge in [-0.05, 0) is 6.92 Å². The Kier molecular flexibility index (Phi) is 5.06. The third-order valence-corrected chi connectivity index (χ3v) is 3.62. The van der Waals surface area contributed by atoms with Gasteiger partial charge in [-0.2, -0.15) is 0 Å². The van der Waals surface area contributed by atoms with Gasteiger partial charge in [0.25, 0.3) is 0 Å². The lowest BCUT2D eigenvalue weighted by Crippen LogP contribution is -2.35. The van der Waals surface area contributed by atoms with Crippen LogP contribution in [0.4, 0.5) is 0 Å². The molecule has 1 heterocycles. The van der Waals surface area contributed by atoms with Crippen LogP contribution in [-0.2, 0) is 14.3 Å². The van der Waals surface area contributed by atoms with E-state index in [9.17, 15) is 4.79 Å². The Morgan fingerprint density at radius 2 is 2.36 bits per heavy atom. The Morgan fingerprint density at radius 3 is 2.93 bits per heavy atom. The molecule has 0 aromatic heterocycles. The Hall–Kier alpha value is 0.0700. The van der Waals surface area contributed by atoms with Gasteiger partial charge in [0.15, 0.2) is 5.44 Å². The third kappa shape index (κ3) is 3.67. The summed E-state index contributed by atoms with van der Waals surface area (Å²) >= 11 is 7.06. The highest BCUT2D eigenvalue weighted by molar-refractivity contribution is 8.00. The lowest BCUT2D eigenvalue weighted by Gasteiger charge is -2.31. The van der Waals surface area contributed by atoms with Crippen molar-refractivity contribution >= 4 is 29.3 Å². The zero-order valence-corrected chi connectivity index (χ0v) is 9.94. The monoisotopic (exact) mass is 238 g/mol. The van der Waals surface area contributed by atoms with Crippen LogP contribution in [0, 0.1) is 0 Å². The fourth-order valence-electron chi connectivity index (χ4n) is 1.10. The molecule has 1 aliphatic rings. The second kappa shape index (κ2) is 5.83. The van der Waals surface area contributed by atoms with Crippen LogP contribution in [0.5, 0.6) is 0 Å². The van der Waals surface area contributed by atoms with Crippen LogP contribution < -0.4 is 0 Å². The number of thioether (sulfide) groups is 1. The maximum absolute atomic E-state index is 11.1. The quantitative estimate of drug-likeness (QED) is 0.557. The summed E-state index contributed by atoms with van der Waals surface area (Å²) in [6.45, 7) is 4.57. The lowest BCUT2D eigenvalue weighted by atomic mass is 10.3. The highest BCUT2D eigenvalue weighted by atomic mass is 35.5. The topological polar surface area (TPSA) is 35.5 Å². The van der Waals surface area contributed by atoms with Gasteiger partial charge in [-0.3, -0.25) is 4.79 Å². The van der Waals surface area contributed by atoms with E-state index in [0.717, 1.165) is 0 Å². The standard InChI is InChI=1S/C9H15ClO3S/c1-6-7(2)14-9(5-12-6)13-8(11)3-4-10/h6-7,9H,3-5H2,1-2H3. The summed E-state index contributed by atoms with van der Waals surface area (Å²) in [5.74, 6) is 0.0612. The SMILES string of the molecule is CC1OCC(OC(=O)CCCl)SC1C.